The lowest BCUT2D eigenvalue weighted by atomic mass is 10.1. The molecule has 2 aromatic rings. The molecule has 0 bridgehead atoms. The second-order valence-corrected chi connectivity index (χ2v) is 3.81. The number of fused-ring (bicyclic) bond motifs is 1. The van der Waals surface area contributed by atoms with Crippen LogP contribution in [0.15, 0.2) is 24.4 Å². The first-order valence-electron chi connectivity index (χ1n) is 4.84. The van der Waals surface area contributed by atoms with Crippen LogP contribution in [0.1, 0.15) is 15.9 Å². The van der Waals surface area contributed by atoms with Gasteiger partial charge in [0.15, 0.2) is 0 Å². The molecular formula is C12H11NO3. The predicted octanol–water partition coefficient (Wildman–Crippen LogP) is 1.75. The molecule has 0 unspecified atom stereocenters. The van der Waals surface area contributed by atoms with Crippen LogP contribution in [0.5, 0.6) is 0 Å². The Bertz CT molecular complexity index is 596. The lowest BCUT2D eigenvalue weighted by Gasteiger charge is -1.97. The van der Waals surface area contributed by atoms with E-state index in [9.17, 15) is 9.59 Å². The maximum absolute atomic E-state index is 11.5. The molecule has 1 N–H and O–H groups in total. The molecule has 0 saturated carbocycles. The minimum absolute atomic E-state index is 0.244. The lowest BCUT2D eigenvalue weighted by Crippen LogP contribution is -2.12. The molecule has 2 rings (SSSR count). The van der Waals surface area contributed by atoms with Gasteiger partial charge in [-0.05, 0) is 19.1 Å². The Morgan fingerprint density at radius 2 is 2.00 bits per heavy atom. The van der Waals surface area contributed by atoms with Crippen molar-refractivity contribution in [3.05, 3.63) is 35.5 Å². The van der Waals surface area contributed by atoms with Gasteiger partial charge in [0, 0.05) is 24.1 Å². The molecule has 4 heteroatoms. The van der Waals surface area contributed by atoms with Crippen molar-refractivity contribution in [2.45, 2.75) is 6.92 Å². The molecule has 0 spiro atoms. The number of Topliss-reactive ketones (excluding diaryl/α,β-unsaturated/α-hetero) is 1. The van der Waals surface area contributed by atoms with Crippen molar-refractivity contribution in [3.63, 3.8) is 0 Å². The van der Waals surface area contributed by atoms with Crippen LogP contribution in [-0.4, -0.2) is 21.4 Å². The Labute approximate surface area is 92.1 Å². The SMILES string of the molecule is Cc1ccc2c(c1)c(C(=O)C(=O)O)cn2C. The summed E-state index contributed by atoms with van der Waals surface area (Å²) in [5.74, 6) is -2.29. The summed E-state index contributed by atoms with van der Waals surface area (Å²) >= 11 is 0. The largest absolute Gasteiger partial charge is 0.475 e. The molecule has 82 valence electrons. The summed E-state index contributed by atoms with van der Waals surface area (Å²) < 4.78 is 1.75. The fraction of sp³-hybridized carbons (Fsp3) is 0.167. The number of carboxylic acids is 1. The number of aliphatic carboxylic acids is 1. The van der Waals surface area contributed by atoms with Gasteiger partial charge in [0.2, 0.25) is 0 Å². The summed E-state index contributed by atoms with van der Waals surface area (Å²) in [6, 6.07) is 5.63. The summed E-state index contributed by atoms with van der Waals surface area (Å²) in [6.45, 7) is 1.90. The first-order valence-corrected chi connectivity index (χ1v) is 4.84. The summed E-state index contributed by atoms with van der Waals surface area (Å²) in [5.41, 5.74) is 2.10. The van der Waals surface area contributed by atoms with E-state index in [0.29, 0.717) is 5.39 Å². The molecule has 1 aromatic carbocycles. The number of aromatic nitrogens is 1. The number of carbonyl (C=O) groups is 2. The number of benzene rings is 1. The molecule has 0 aliphatic heterocycles. The van der Waals surface area contributed by atoms with Gasteiger partial charge in [0.05, 0.1) is 5.56 Å². The number of nitrogens with zero attached hydrogens (tertiary/aromatic N) is 1. The monoisotopic (exact) mass is 217 g/mol. The number of ketones is 1. The van der Waals surface area contributed by atoms with Gasteiger partial charge in [0.25, 0.3) is 5.78 Å². The van der Waals surface area contributed by atoms with E-state index >= 15 is 0 Å². The van der Waals surface area contributed by atoms with Crippen molar-refractivity contribution < 1.29 is 14.7 Å². The number of carboxylic acid groups (broad SMARTS) is 1. The highest BCUT2D eigenvalue weighted by Gasteiger charge is 2.19. The Balaban J connectivity index is 2.75. The van der Waals surface area contributed by atoms with Crippen LogP contribution >= 0.6 is 0 Å². The van der Waals surface area contributed by atoms with E-state index in [4.69, 9.17) is 5.11 Å². The van der Waals surface area contributed by atoms with E-state index in [1.165, 1.54) is 0 Å². The fourth-order valence-corrected chi connectivity index (χ4v) is 1.80. The highest BCUT2D eigenvalue weighted by atomic mass is 16.4. The van der Waals surface area contributed by atoms with Gasteiger partial charge in [-0.15, -0.1) is 0 Å². The zero-order valence-electron chi connectivity index (χ0n) is 9.02. The third-order valence-electron chi connectivity index (χ3n) is 2.58. The molecule has 0 amide bonds. The van der Waals surface area contributed by atoms with Crippen molar-refractivity contribution in [1.82, 2.24) is 4.57 Å². The van der Waals surface area contributed by atoms with Crippen molar-refractivity contribution in [1.29, 1.82) is 0 Å². The van der Waals surface area contributed by atoms with Gasteiger partial charge >= 0.3 is 5.97 Å². The molecule has 0 aliphatic rings. The molecule has 0 saturated heterocycles. The number of hydrogen-bond acceptors (Lipinski definition) is 2. The van der Waals surface area contributed by atoms with E-state index < -0.39 is 11.8 Å². The van der Waals surface area contributed by atoms with Crippen LogP contribution in [-0.2, 0) is 11.8 Å². The summed E-state index contributed by atoms with van der Waals surface area (Å²) in [4.78, 5) is 22.1. The maximum atomic E-state index is 11.5. The third-order valence-corrected chi connectivity index (χ3v) is 2.58. The van der Waals surface area contributed by atoms with Gasteiger partial charge in [-0.3, -0.25) is 4.79 Å². The topological polar surface area (TPSA) is 59.3 Å². The smallest absolute Gasteiger partial charge is 0.377 e. The number of aryl methyl sites for hydroxylation is 2. The van der Waals surface area contributed by atoms with Crippen molar-refractivity contribution in [2.75, 3.05) is 0 Å². The Hall–Kier alpha value is -2.10. The zero-order valence-corrected chi connectivity index (χ0v) is 9.02. The van der Waals surface area contributed by atoms with Crippen LogP contribution < -0.4 is 0 Å². The van der Waals surface area contributed by atoms with Gasteiger partial charge in [-0.2, -0.15) is 0 Å². The van der Waals surface area contributed by atoms with E-state index in [2.05, 4.69) is 0 Å². The van der Waals surface area contributed by atoms with Crippen LogP contribution in [0.25, 0.3) is 10.9 Å². The average molecular weight is 217 g/mol. The molecular weight excluding hydrogens is 206 g/mol. The highest BCUT2D eigenvalue weighted by Crippen LogP contribution is 2.22. The standard InChI is InChI=1S/C12H11NO3/c1-7-3-4-10-8(5-7)9(6-13(10)2)11(14)12(15)16/h3-6H,1-2H3,(H,15,16). The van der Waals surface area contributed by atoms with E-state index in [1.54, 1.807) is 17.8 Å². The molecule has 16 heavy (non-hydrogen) atoms. The van der Waals surface area contributed by atoms with Crippen LogP contribution in [0.4, 0.5) is 0 Å². The van der Waals surface area contributed by atoms with E-state index in [1.807, 2.05) is 25.1 Å². The van der Waals surface area contributed by atoms with Crippen molar-refractivity contribution >= 4 is 22.7 Å². The summed E-state index contributed by atoms with van der Waals surface area (Å²) in [5, 5.41) is 9.40. The molecule has 1 aromatic heterocycles. The maximum Gasteiger partial charge on any atom is 0.377 e. The quantitative estimate of drug-likeness (QED) is 0.615. The van der Waals surface area contributed by atoms with Gasteiger partial charge < -0.3 is 9.67 Å². The predicted molar refractivity (Wildman–Crippen MR) is 59.6 cm³/mol. The molecule has 0 aliphatic carbocycles. The number of rotatable bonds is 2. The minimum atomic E-state index is -1.42. The first-order chi connectivity index (χ1) is 7.50. The zero-order chi connectivity index (χ0) is 11.9. The second-order valence-electron chi connectivity index (χ2n) is 3.81. The van der Waals surface area contributed by atoms with E-state index in [0.717, 1.165) is 11.1 Å². The Morgan fingerprint density at radius 1 is 1.31 bits per heavy atom. The van der Waals surface area contributed by atoms with Crippen LogP contribution in [0.3, 0.4) is 0 Å². The summed E-state index contributed by atoms with van der Waals surface area (Å²) in [7, 11) is 1.79. The van der Waals surface area contributed by atoms with Crippen molar-refractivity contribution in [3.8, 4) is 0 Å². The molecule has 0 fully saturated rings. The highest BCUT2D eigenvalue weighted by molar-refractivity contribution is 6.42. The second kappa shape index (κ2) is 3.48. The van der Waals surface area contributed by atoms with Crippen LogP contribution in [0.2, 0.25) is 0 Å². The fourth-order valence-electron chi connectivity index (χ4n) is 1.80. The Morgan fingerprint density at radius 3 is 2.62 bits per heavy atom. The number of hydrogen-bond donors (Lipinski definition) is 1. The minimum Gasteiger partial charge on any atom is -0.475 e. The lowest BCUT2D eigenvalue weighted by molar-refractivity contribution is -0.131. The molecule has 4 nitrogen and oxygen atoms in total. The molecule has 0 atom stereocenters. The summed E-state index contributed by atoms with van der Waals surface area (Å²) in [6.07, 6.45) is 1.56. The Kier molecular flexibility index (Phi) is 2.27. The third kappa shape index (κ3) is 1.48. The molecule has 1 heterocycles. The molecule has 0 radical (unpaired) electrons. The van der Waals surface area contributed by atoms with E-state index in [-0.39, 0.29) is 5.56 Å². The van der Waals surface area contributed by atoms with Gasteiger partial charge in [0.1, 0.15) is 0 Å². The van der Waals surface area contributed by atoms with Gasteiger partial charge in [-0.25, -0.2) is 4.79 Å². The van der Waals surface area contributed by atoms with Gasteiger partial charge in [-0.1, -0.05) is 11.6 Å². The number of carbonyl (C=O) groups excluding carboxylic acids is 1. The van der Waals surface area contributed by atoms with Crippen molar-refractivity contribution in [2.24, 2.45) is 7.05 Å². The first kappa shape index (κ1) is 10.4. The normalized spacial score (nSPS) is 10.6. The van der Waals surface area contributed by atoms with Crippen LogP contribution in [0, 0.1) is 6.92 Å². The average Bonchev–Trinajstić information content (AvgIpc) is 2.54.